The number of Topliss-reactive ketones (excluding diaryl/α,β-unsaturated/α-hetero) is 1. The van der Waals surface area contributed by atoms with Crippen LogP contribution < -0.4 is 0 Å². The number of hydrogen-bond acceptors (Lipinski definition) is 3. The first kappa shape index (κ1) is 12.4. The minimum absolute atomic E-state index is 0.106. The maximum absolute atomic E-state index is 13.2. The number of fused-ring (bicyclic) bond motifs is 5. The lowest BCUT2D eigenvalue weighted by molar-refractivity contribution is 0.0894. The van der Waals surface area contributed by atoms with E-state index in [-0.39, 0.29) is 11.7 Å². The van der Waals surface area contributed by atoms with Crippen LogP contribution in [0.3, 0.4) is 0 Å². The molecular weight excluding hydrogens is 276 g/mol. The molecule has 3 nitrogen and oxygen atoms in total. The lowest BCUT2D eigenvalue weighted by Gasteiger charge is -2.25. The van der Waals surface area contributed by atoms with Crippen LogP contribution in [0.15, 0.2) is 35.9 Å². The van der Waals surface area contributed by atoms with Gasteiger partial charge in [-0.1, -0.05) is 31.2 Å². The third-order valence-corrected chi connectivity index (χ3v) is 5.20. The van der Waals surface area contributed by atoms with Crippen molar-refractivity contribution in [2.75, 3.05) is 13.2 Å². The normalized spacial score (nSPS) is 28.8. The van der Waals surface area contributed by atoms with Crippen LogP contribution in [-0.2, 0) is 9.47 Å². The minimum Gasteiger partial charge on any atom is -0.492 e. The second-order valence-electron chi connectivity index (χ2n) is 6.56. The second kappa shape index (κ2) is 3.79. The summed E-state index contributed by atoms with van der Waals surface area (Å²) in [6, 6.07) is 10.2. The molecular formula is C19H16O3. The number of benzene rings is 2. The Morgan fingerprint density at radius 2 is 2.00 bits per heavy atom. The zero-order valence-electron chi connectivity index (χ0n) is 12.6. The monoisotopic (exact) mass is 292 g/mol. The highest BCUT2D eigenvalue weighted by Crippen LogP contribution is 2.53. The molecule has 2 aromatic rings. The molecule has 1 saturated heterocycles. The van der Waals surface area contributed by atoms with Gasteiger partial charge in [-0.25, -0.2) is 0 Å². The molecule has 2 aromatic carbocycles. The molecule has 110 valence electrons. The van der Waals surface area contributed by atoms with Crippen molar-refractivity contribution in [3.63, 3.8) is 0 Å². The predicted molar refractivity (Wildman–Crippen MR) is 83.7 cm³/mol. The number of ether oxygens (including phenoxy) is 2. The average Bonchev–Trinajstić information content (AvgIpc) is 3.21. The lowest BCUT2D eigenvalue weighted by atomic mass is 9.76. The van der Waals surface area contributed by atoms with Crippen molar-refractivity contribution >= 4 is 22.3 Å². The fraction of sp³-hybridized carbons (Fsp3) is 0.316. The molecule has 2 atom stereocenters. The fourth-order valence-electron chi connectivity index (χ4n) is 4.03. The minimum atomic E-state index is -0.740. The van der Waals surface area contributed by atoms with E-state index >= 15 is 0 Å². The van der Waals surface area contributed by atoms with Gasteiger partial charge in [0.1, 0.15) is 5.76 Å². The quantitative estimate of drug-likeness (QED) is 0.698. The number of carbonyl (C=O) groups is 1. The first-order chi connectivity index (χ1) is 10.6. The Hall–Kier alpha value is -2.13. The van der Waals surface area contributed by atoms with E-state index in [0.29, 0.717) is 13.2 Å². The van der Waals surface area contributed by atoms with Crippen LogP contribution in [0.2, 0.25) is 0 Å². The van der Waals surface area contributed by atoms with Gasteiger partial charge in [-0.3, -0.25) is 4.79 Å². The van der Waals surface area contributed by atoms with Gasteiger partial charge in [-0.2, -0.15) is 0 Å². The van der Waals surface area contributed by atoms with E-state index in [9.17, 15) is 4.79 Å². The summed E-state index contributed by atoms with van der Waals surface area (Å²) in [5, 5.41) is 2.13. The number of aryl methyl sites for hydroxylation is 1. The van der Waals surface area contributed by atoms with Gasteiger partial charge in [-0.15, -0.1) is 0 Å². The molecule has 2 aliphatic heterocycles. The fourth-order valence-corrected chi connectivity index (χ4v) is 4.03. The van der Waals surface area contributed by atoms with Crippen molar-refractivity contribution in [1.82, 2.24) is 0 Å². The molecule has 1 aliphatic carbocycles. The van der Waals surface area contributed by atoms with Crippen molar-refractivity contribution in [3.05, 3.63) is 52.6 Å². The van der Waals surface area contributed by atoms with E-state index in [1.165, 1.54) is 5.56 Å². The van der Waals surface area contributed by atoms with E-state index in [4.69, 9.17) is 9.47 Å². The van der Waals surface area contributed by atoms with Crippen molar-refractivity contribution in [2.45, 2.75) is 19.4 Å². The number of carbonyl (C=O) groups excluding carboxylic acids is 1. The van der Waals surface area contributed by atoms with Gasteiger partial charge in [0.15, 0.2) is 5.60 Å². The third-order valence-electron chi connectivity index (χ3n) is 5.20. The number of epoxide rings is 1. The maximum atomic E-state index is 13.2. The summed E-state index contributed by atoms with van der Waals surface area (Å²) in [7, 11) is 0. The van der Waals surface area contributed by atoms with Crippen LogP contribution >= 0.6 is 0 Å². The molecule has 0 N–H and O–H groups in total. The van der Waals surface area contributed by atoms with Crippen molar-refractivity contribution < 1.29 is 14.3 Å². The molecule has 22 heavy (non-hydrogen) atoms. The van der Waals surface area contributed by atoms with Crippen LogP contribution in [0.5, 0.6) is 0 Å². The largest absolute Gasteiger partial charge is 0.492 e. The highest BCUT2D eigenvalue weighted by atomic mass is 16.6. The Bertz CT molecular complexity index is 887. The Kier molecular flexibility index (Phi) is 2.14. The van der Waals surface area contributed by atoms with E-state index in [1.807, 2.05) is 18.2 Å². The van der Waals surface area contributed by atoms with Crippen LogP contribution in [0, 0.1) is 12.8 Å². The Balaban J connectivity index is 1.91. The number of hydrogen-bond donors (Lipinski definition) is 0. The summed E-state index contributed by atoms with van der Waals surface area (Å²) in [5.74, 6) is 1.22. The van der Waals surface area contributed by atoms with Gasteiger partial charge < -0.3 is 9.47 Å². The SMILES string of the molecule is Cc1cccc2c3c(ccc12)C1=C(C(C)CO1)C1(CO1)C3=O. The zero-order chi connectivity index (χ0) is 15.1. The van der Waals surface area contributed by atoms with Gasteiger partial charge in [0.2, 0.25) is 5.78 Å². The van der Waals surface area contributed by atoms with Crippen LogP contribution in [0.1, 0.15) is 28.4 Å². The standard InChI is InChI=1S/C19H16O3/c1-10-4-3-5-13-12(10)6-7-14-15(13)18(20)19(9-22-19)16-11(2)8-21-17(14)16/h3-7,11H,8-9H2,1-2H3. The molecule has 1 spiro atoms. The van der Waals surface area contributed by atoms with E-state index in [1.54, 1.807) is 0 Å². The predicted octanol–water partition coefficient (Wildman–Crippen LogP) is 3.49. The van der Waals surface area contributed by atoms with Crippen LogP contribution in [0.25, 0.3) is 16.5 Å². The maximum Gasteiger partial charge on any atom is 0.202 e. The van der Waals surface area contributed by atoms with Crippen molar-refractivity contribution in [1.29, 1.82) is 0 Å². The van der Waals surface area contributed by atoms with Gasteiger partial charge in [0.05, 0.1) is 13.2 Å². The molecule has 1 fully saturated rings. The highest BCUT2D eigenvalue weighted by molar-refractivity contribution is 6.20. The van der Waals surface area contributed by atoms with Crippen molar-refractivity contribution in [3.8, 4) is 0 Å². The molecule has 0 saturated carbocycles. The van der Waals surface area contributed by atoms with Crippen LogP contribution in [-0.4, -0.2) is 24.6 Å². The second-order valence-corrected chi connectivity index (χ2v) is 6.56. The van der Waals surface area contributed by atoms with E-state index in [2.05, 4.69) is 26.0 Å². The molecule has 0 amide bonds. The number of ketones is 1. The van der Waals surface area contributed by atoms with E-state index < -0.39 is 5.60 Å². The van der Waals surface area contributed by atoms with E-state index in [0.717, 1.165) is 33.2 Å². The summed E-state index contributed by atoms with van der Waals surface area (Å²) < 4.78 is 11.6. The Labute approximate surface area is 128 Å². The summed E-state index contributed by atoms with van der Waals surface area (Å²) >= 11 is 0. The topological polar surface area (TPSA) is 38.8 Å². The number of rotatable bonds is 0. The first-order valence-electron chi connectivity index (χ1n) is 7.72. The Morgan fingerprint density at radius 1 is 1.18 bits per heavy atom. The molecule has 5 rings (SSSR count). The summed E-state index contributed by atoms with van der Waals surface area (Å²) in [6.45, 7) is 5.30. The molecule has 3 aliphatic rings. The summed E-state index contributed by atoms with van der Waals surface area (Å²) in [6.07, 6.45) is 0. The molecule has 2 heterocycles. The molecule has 0 aromatic heterocycles. The third kappa shape index (κ3) is 1.29. The van der Waals surface area contributed by atoms with Crippen LogP contribution in [0.4, 0.5) is 0 Å². The Morgan fingerprint density at radius 3 is 2.77 bits per heavy atom. The van der Waals surface area contributed by atoms with Gasteiger partial charge in [-0.05, 0) is 29.3 Å². The molecule has 0 bridgehead atoms. The zero-order valence-corrected chi connectivity index (χ0v) is 12.6. The molecule has 3 heteroatoms. The van der Waals surface area contributed by atoms with Gasteiger partial charge in [0.25, 0.3) is 0 Å². The highest BCUT2D eigenvalue weighted by Gasteiger charge is 2.62. The molecule has 0 radical (unpaired) electrons. The summed E-state index contributed by atoms with van der Waals surface area (Å²) in [5.41, 5.74) is 3.20. The van der Waals surface area contributed by atoms with Gasteiger partial charge in [0, 0.05) is 22.6 Å². The first-order valence-corrected chi connectivity index (χ1v) is 7.72. The summed E-state index contributed by atoms with van der Waals surface area (Å²) in [4.78, 5) is 13.2. The average molecular weight is 292 g/mol. The van der Waals surface area contributed by atoms with Crippen molar-refractivity contribution in [2.24, 2.45) is 5.92 Å². The molecule has 2 unspecified atom stereocenters. The smallest absolute Gasteiger partial charge is 0.202 e. The van der Waals surface area contributed by atoms with Gasteiger partial charge >= 0.3 is 0 Å². The lowest BCUT2D eigenvalue weighted by Crippen LogP contribution is -2.33.